The van der Waals surface area contributed by atoms with Gasteiger partial charge in [0.25, 0.3) is 5.91 Å². The van der Waals surface area contributed by atoms with Gasteiger partial charge in [0.1, 0.15) is 0 Å². The minimum atomic E-state index is -0.564. The van der Waals surface area contributed by atoms with Crippen LogP contribution in [0.5, 0.6) is 0 Å². The predicted molar refractivity (Wildman–Crippen MR) is 116 cm³/mol. The first-order chi connectivity index (χ1) is 14.6. The molecule has 0 saturated heterocycles. The summed E-state index contributed by atoms with van der Waals surface area (Å²) in [7, 11) is 0. The van der Waals surface area contributed by atoms with Gasteiger partial charge in [-0.2, -0.15) is 5.10 Å². The van der Waals surface area contributed by atoms with E-state index >= 15 is 0 Å². The van der Waals surface area contributed by atoms with Crippen LogP contribution >= 0.6 is 0 Å². The Kier molecular flexibility index (Phi) is 5.40. The van der Waals surface area contributed by atoms with Crippen molar-refractivity contribution in [3.63, 3.8) is 0 Å². The van der Waals surface area contributed by atoms with E-state index in [1.807, 2.05) is 54.6 Å². The number of hydrogen-bond donors (Lipinski definition) is 1. The Labute approximate surface area is 174 Å². The van der Waals surface area contributed by atoms with Crippen molar-refractivity contribution < 1.29 is 9.59 Å². The second-order valence-electron chi connectivity index (χ2n) is 6.86. The van der Waals surface area contributed by atoms with E-state index in [0.29, 0.717) is 24.1 Å². The van der Waals surface area contributed by atoms with Gasteiger partial charge in [-0.3, -0.25) is 9.59 Å². The average molecular weight is 393 g/mol. The molecular formula is C25H19N3O2. The molecule has 0 radical (unpaired) electrons. The molecule has 0 saturated carbocycles. The van der Waals surface area contributed by atoms with E-state index in [4.69, 9.17) is 5.73 Å². The van der Waals surface area contributed by atoms with Crippen LogP contribution in [0.2, 0.25) is 0 Å². The Morgan fingerprint density at radius 3 is 2.20 bits per heavy atom. The highest BCUT2D eigenvalue weighted by atomic mass is 16.2. The van der Waals surface area contributed by atoms with E-state index in [0.717, 1.165) is 22.4 Å². The lowest BCUT2D eigenvalue weighted by Crippen LogP contribution is -2.24. The fourth-order valence-corrected chi connectivity index (χ4v) is 3.17. The zero-order valence-electron chi connectivity index (χ0n) is 16.2. The zero-order valence-corrected chi connectivity index (χ0v) is 16.2. The standard InChI is InChI=1S/C25H19N3O2/c26-24(29)21-7-4-8-22(17-21)25(30)28-16-15-23(27-28)20-13-11-19(12-14-20)10-9-18-5-2-1-3-6-18/h1-8,11-14,17H,15-16H2,(H2,26,29). The smallest absolute Gasteiger partial charge is 0.273 e. The summed E-state index contributed by atoms with van der Waals surface area (Å²) in [4.78, 5) is 24.1. The van der Waals surface area contributed by atoms with Crippen LogP contribution in [0.25, 0.3) is 0 Å². The van der Waals surface area contributed by atoms with Crippen LogP contribution in [0, 0.1) is 11.8 Å². The highest BCUT2D eigenvalue weighted by Gasteiger charge is 2.23. The minimum Gasteiger partial charge on any atom is -0.366 e. The zero-order chi connectivity index (χ0) is 20.9. The van der Waals surface area contributed by atoms with Gasteiger partial charge in [-0.15, -0.1) is 0 Å². The van der Waals surface area contributed by atoms with Crippen molar-refractivity contribution in [1.29, 1.82) is 0 Å². The van der Waals surface area contributed by atoms with Gasteiger partial charge in [0.2, 0.25) is 5.91 Å². The lowest BCUT2D eigenvalue weighted by atomic mass is 10.1. The Morgan fingerprint density at radius 2 is 1.50 bits per heavy atom. The number of carbonyl (C=O) groups excluding carboxylic acids is 2. The monoisotopic (exact) mass is 393 g/mol. The van der Waals surface area contributed by atoms with Gasteiger partial charge in [0, 0.05) is 28.7 Å². The molecule has 5 nitrogen and oxygen atoms in total. The number of amides is 2. The van der Waals surface area contributed by atoms with E-state index in [-0.39, 0.29) is 5.91 Å². The van der Waals surface area contributed by atoms with E-state index < -0.39 is 5.91 Å². The Balaban J connectivity index is 1.48. The van der Waals surface area contributed by atoms with Crippen molar-refractivity contribution in [2.24, 2.45) is 10.8 Å². The largest absolute Gasteiger partial charge is 0.366 e. The third-order valence-corrected chi connectivity index (χ3v) is 4.77. The van der Waals surface area contributed by atoms with Crippen molar-refractivity contribution in [2.45, 2.75) is 6.42 Å². The van der Waals surface area contributed by atoms with Crippen molar-refractivity contribution in [1.82, 2.24) is 5.01 Å². The van der Waals surface area contributed by atoms with Gasteiger partial charge in [0.05, 0.1) is 12.3 Å². The summed E-state index contributed by atoms with van der Waals surface area (Å²) in [6, 6.07) is 24.0. The Morgan fingerprint density at radius 1 is 0.833 bits per heavy atom. The van der Waals surface area contributed by atoms with E-state index in [1.165, 1.54) is 11.1 Å². The van der Waals surface area contributed by atoms with E-state index in [2.05, 4.69) is 16.9 Å². The van der Waals surface area contributed by atoms with Gasteiger partial charge >= 0.3 is 0 Å². The highest BCUT2D eigenvalue weighted by Crippen LogP contribution is 2.18. The van der Waals surface area contributed by atoms with Crippen LogP contribution in [-0.4, -0.2) is 29.1 Å². The molecule has 0 atom stereocenters. The maximum Gasteiger partial charge on any atom is 0.273 e. The topological polar surface area (TPSA) is 75.8 Å². The molecule has 3 aromatic carbocycles. The van der Waals surface area contributed by atoms with Gasteiger partial charge in [-0.1, -0.05) is 48.2 Å². The molecule has 2 amide bonds. The van der Waals surface area contributed by atoms with Crippen LogP contribution in [-0.2, 0) is 0 Å². The van der Waals surface area contributed by atoms with Gasteiger partial charge in [-0.05, 0) is 48.0 Å². The lowest BCUT2D eigenvalue weighted by molar-refractivity contribution is 0.0778. The number of benzene rings is 3. The SMILES string of the molecule is NC(=O)c1cccc(C(=O)N2CCC(c3ccc(C#Cc4ccccc4)cc3)=N2)c1. The van der Waals surface area contributed by atoms with E-state index in [1.54, 1.807) is 18.2 Å². The van der Waals surface area contributed by atoms with Crippen LogP contribution in [0.1, 0.15) is 43.8 Å². The fourth-order valence-electron chi connectivity index (χ4n) is 3.17. The highest BCUT2D eigenvalue weighted by molar-refractivity contribution is 6.05. The second kappa shape index (κ2) is 8.46. The summed E-state index contributed by atoms with van der Waals surface area (Å²) in [6.07, 6.45) is 0.663. The Bertz CT molecular complexity index is 1190. The molecule has 0 aromatic heterocycles. The van der Waals surface area contributed by atoms with Crippen LogP contribution in [0.15, 0.2) is 84.0 Å². The van der Waals surface area contributed by atoms with Gasteiger partial charge < -0.3 is 5.73 Å². The van der Waals surface area contributed by atoms with E-state index in [9.17, 15) is 9.59 Å². The molecule has 3 aromatic rings. The van der Waals surface area contributed by atoms with Crippen molar-refractivity contribution in [2.75, 3.05) is 6.54 Å². The van der Waals surface area contributed by atoms with Gasteiger partial charge in [-0.25, -0.2) is 5.01 Å². The number of hydrogen-bond acceptors (Lipinski definition) is 3. The van der Waals surface area contributed by atoms with Crippen molar-refractivity contribution in [3.8, 4) is 11.8 Å². The molecule has 1 aliphatic rings. The number of primary amides is 1. The van der Waals surface area contributed by atoms with Crippen LogP contribution in [0.4, 0.5) is 0 Å². The molecule has 0 aliphatic carbocycles. The summed E-state index contributed by atoms with van der Waals surface area (Å²) >= 11 is 0. The molecule has 0 spiro atoms. The summed E-state index contributed by atoms with van der Waals surface area (Å²) in [5, 5.41) is 5.91. The normalized spacial score (nSPS) is 12.7. The molecule has 2 N–H and O–H groups in total. The molecule has 1 aliphatic heterocycles. The van der Waals surface area contributed by atoms with Gasteiger partial charge in [0.15, 0.2) is 0 Å². The first-order valence-corrected chi connectivity index (χ1v) is 9.57. The molecule has 0 fully saturated rings. The summed E-state index contributed by atoms with van der Waals surface area (Å²) in [5.41, 5.74) is 9.68. The molecular weight excluding hydrogens is 374 g/mol. The minimum absolute atomic E-state index is 0.251. The Hall–Kier alpha value is -4.17. The van der Waals surface area contributed by atoms with Crippen molar-refractivity contribution in [3.05, 3.63) is 107 Å². The maximum atomic E-state index is 12.7. The van der Waals surface area contributed by atoms with Crippen LogP contribution < -0.4 is 5.73 Å². The fraction of sp³-hybridized carbons (Fsp3) is 0.0800. The molecule has 1 heterocycles. The number of carbonyl (C=O) groups is 2. The lowest BCUT2D eigenvalue weighted by Gasteiger charge is -2.11. The van der Waals surface area contributed by atoms with Crippen LogP contribution in [0.3, 0.4) is 0 Å². The third-order valence-electron chi connectivity index (χ3n) is 4.77. The molecule has 4 rings (SSSR count). The predicted octanol–water partition coefficient (Wildman–Crippen LogP) is 3.44. The molecule has 5 heteroatoms. The molecule has 0 bridgehead atoms. The summed E-state index contributed by atoms with van der Waals surface area (Å²) < 4.78 is 0. The number of hydrazone groups is 1. The molecule has 0 unspecified atom stereocenters. The summed E-state index contributed by atoms with van der Waals surface area (Å²) in [5.74, 6) is 5.47. The first kappa shape index (κ1) is 19.2. The maximum absolute atomic E-state index is 12.7. The second-order valence-corrected chi connectivity index (χ2v) is 6.86. The number of nitrogens with zero attached hydrogens (tertiary/aromatic N) is 2. The third kappa shape index (κ3) is 4.29. The summed E-state index contributed by atoms with van der Waals surface area (Å²) in [6.45, 7) is 0.491. The van der Waals surface area contributed by atoms with Crippen molar-refractivity contribution >= 4 is 17.5 Å². The molecule has 30 heavy (non-hydrogen) atoms. The number of nitrogens with two attached hydrogens (primary N) is 1. The molecule has 146 valence electrons. The quantitative estimate of drug-likeness (QED) is 0.692. The average Bonchev–Trinajstić information content (AvgIpc) is 3.28. The number of rotatable bonds is 3. The first-order valence-electron chi connectivity index (χ1n) is 9.57.